The van der Waals surface area contributed by atoms with Gasteiger partial charge in [-0.3, -0.25) is 4.79 Å². The molecule has 0 fully saturated rings. The van der Waals surface area contributed by atoms with Crippen LogP contribution in [0.5, 0.6) is 0 Å². The fraction of sp³-hybridized carbons (Fsp3) is 0.900. The summed E-state index contributed by atoms with van der Waals surface area (Å²) in [4.78, 5) is 10.9. The molecule has 0 aromatic heterocycles. The summed E-state index contributed by atoms with van der Waals surface area (Å²) >= 11 is 5.61. The summed E-state index contributed by atoms with van der Waals surface area (Å²) in [7, 11) is 1.67. The van der Waals surface area contributed by atoms with Crippen LogP contribution in [-0.4, -0.2) is 31.0 Å². The van der Waals surface area contributed by atoms with E-state index >= 15 is 0 Å². The highest BCUT2D eigenvalue weighted by atomic mass is 35.5. The summed E-state index contributed by atoms with van der Waals surface area (Å²) in [5.41, 5.74) is 0. The van der Waals surface area contributed by atoms with Crippen molar-refractivity contribution in [2.75, 3.05) is 13.0 Å². The predicted molar refractivity (Wildman–Crippen MR) is 58.6 cm³/mol. The number of methoxy groups -OCH3 is 1. The van der Waals surface area contributed by atoms with Gasteiger partial charge in [0.2, 0.25) is 5.91 Å². The Hall–Kier alpha value is -0.280. The second-order valence-corrected chi connectivity index (χ2v) is 3.70. The molecule has 0 aromatic rings. The molecule has 0 unspecified atom stereocenters. The van der Waals surface area contributed by atoms with Crippen molar-refractivity contribution in [3.05, 3.63) is 0 Å². The largest absolute Gasteiger partial charge is 0.379 e. The highest BCUT2D eigenvalue weighted by Crippen LogP contribution is 2.10. The molecule has 0 aliphatic carbocycles. The van der Waals surface area contributed by atoms with Crippen molar-refractivity contribution in [2.24, 2.45) is 0 Å². The van der Waals surface area contributed by atoms with Crippen LogP contribution in [0.4, 0.5) is 0 Å². The van der Waals surface area contributed by atoms with E-state index in [0.717, 1.165) is 19.3 Å². The quantitative estimate of drug-likeness (QED) is 0.668. The summed E-state index contributed by atoms with van der Waals surface area (Å²) in [6.07, 6.45) is 2.75. The molecular formula is C10H20ClNO2. The number of carbonyl (C=O) groups excluding carboxylic acids is 1. The molecule has 0 aliphatic rings. The second kappa shape index (κ2) is 8.06. The maximum Gasteiger partial charge on any atom is 0.217 e. The first-order valence-electron chi connectivity index (χ1n) is 5.01. The number of rotatable bonds is 7. The summed E-state index contributed by atoms with van der Waals surface area (Å²) < 4.78 is 5.33. The van der Waals surface area contributed by atoms with Gasteiger partial charge in [0.15, 0.2) is 0 Å². The van der Waals surface area contributed by atoms with Crippen LogP contribution in [0.1, 0.15) is 33.1 Å². The Balaban J connectivity index is 4.06. The van der Waals surface area contributed by atoms with E-state index in [4.69, 9.17) is 16.3 Å². The molecule has 0 aliphatic heterocycles. The lowest BCUT2D eigenvalue weighted by Crippen LogP contribution is -2.42. The predicted octanol–water partition coefficient (Wildman–Crippen LogP) is 1.94. The summed E-state index contributed by atoms with van der Waals surface area (Å²) in [6.45, 7) is 3.56. The Morgan fingerprint density at radius 3 is 2.57 bits per heavy atom. The van der Waals surface area contributed by atoms with E-state index in [2.05, 4.69) is 5.32 Å². The van der Waals surface area contributed by atoms with Gasteiger partial charge in [0.25, 0.3) is 0 Å². The lowest BCUT2D eigenvalue weighted by molar-refractivity contribution is -0.120. The summed E-state index contributed by atoms with van der Waals surface area (Å²) in [5.74, 6) is 0.626. The molecule has 0 bridgehead atoms. The van der Waals surface area contributed by atoms with E-state index in [0.29, 0.717) is 5.88 Å². The minimum atomic E-state index is -0.00947. The van der Waals surface area contributed by atoms with Gasteiger partial charge < -0.3 is 10.1 Å². The molecule has 0 spiro atoms. The highest BCUT2D eigenvalue weighted by molar-refractivity contribution is 6.17. The number of carbonyl (C=O) groups is 1. The van der Waals surface area contributed by atoms with Gasteiger partial charge in [0, 0.05) is 19.9 Å². The molecule has 1 amide bonds. The molecule has 2 atom stereocenters. The third-order valence-corrected chi connectivity index (χ3v) is 2.47. The van der Waals surface area contributed by atoms with Crippen molar-refractivity contribution in [2.45, 2.75) is 45.3 Å². The fourth-order valence-corrected chi connectivity index (χ4v) is 1.63. The molecule has 1 N–H and O–H groups in total. The van der Waals surface area contributed by atoms with Gasteiger partial charge in [-0.2, -0.15) is 0 Å². The Morgan fingerprint density at radius 2 is 2.21 bits per heavy atom. The molecule has 0 saturated heterocycles. The van der Waals surface area contributed by atoms with Gasteiger partial charge in [0.05, 0.1) is 12.1 Å². The van der Waals surface area contributed by atoms with Gasteiger partial charge in [0.1, 0.15) is 0 Å². The van der Waals surface area contributed by atoms with Crippen LogP contribution in [0.2, 0.25) is 0 Å². The minimum Gasteiger partial charge on any atom is -0.379 e. The molecule has 4 heteroatoms. The Morgan fingerprint density at radius 1 is 1.57 bits per heavy atom. The lowest BCUT2D eigenvalue weighted by atomic mass is 10.0. The molecule has 0 radical (unpaired) electrons. The molecule has 0 heterocycles. The number of hydrogen-bond donors (Lipinski definition) is 1. The number of halogens is 1. The monoisotopic (exact) mass is 221 g/mol. The zero-order valence-corrected chi connectivity index (χ0v) is 9.93. The molecule has 0 saturated carbocycles. The van der Waals surface area contributed by atoms with Gasteiger partial charge >= 0.3 is 0 Å². The fourth-order valence-electron chi connectivity index (χ4n) is 1.48. The number of amides is 1. The van der Waals surface area contributed by atoms with Crippen molar-refractivity contribution in [3.63, 3.8) is 0 Å². The Labute approximate surface area is 91.2 Å². The summed E-state index contributed by atoms with van der Waals surface area (Å²) in [5, 5.41) is 2.88. The van der Waals surface area contributed by atoms with Crippen molar-refractivity contribution in [1.82, 2.24) is 5.32 Å². The Bertz CT molecular complexity index is 164. The molecule has 0 rings (SSSR count). The molecule has 84 valence electrons. The van der Waals surface area contributed by atoms with Crippen molar-refractivity contribution >= 4 is 17.5 Å². The first-order valence-corrected chi connectivity index (χ1v) is 5.55. The third-order valence-electron chi connectivity index (χ3n) is 2.20. The minimum absolute atomic E-state index is 0.00947. The maximum atomic E-state index is 10.9. The number of ether oxygens (including phenoxy) is 1. The third kappa shape index (κ3) is 5.45. The van der Waals surface area contributed by atoms with Crippen LogP contribution in [0.15, 0.2) is 0 Å². The number of alkyl halides is 1. The normalized spacial score (nSPS) is 14.9. The van der Waals surface area contributed by atoms with E-state index in [1.54, 1.807) is 7.11 Å². The van der Waals surface area contributed by atoms with E-state index < -0.39 is 0 Å². The van der Waals surface area contributed by atoms with Crippen LogP contribution in [0.25, 0.3) is 0 Å². The highest BCUT2D eigenvalue weighted by Gasteiger charge is 2.19. The number of hydrogen-bond acceptors (Lipinski definition) is 2. The molecule has 14 heavy (non-hydrogen) atoms. The van der Waals surface area contributed by atoms with Crippen LogP contribution in [-0.2, 0) is 9.53 Å². The molecule has 3 nitrogen and oxygen atoms in total. The average Bonchev–Trinajstić information content (AvgIpc) is 2.16. The standard InChI is InChI=1S/C10H20ClNO2/c1-4-9(12-8(2)13)10(14-3)6-5-7-11/h9-10H,4-7H2,1-3H3,(H,12,13)/t9-,10-/m1/s1. The number of nitrogens with one attached hydrogen (secondary N) is 1. The van der Waals surface area contributed by atoms with Crippen molar-refractivity contribution in [3.8, 4) is 0 Å². The van der Waals surface area contributed by atoms with Crippen LogP contribution in [0, 0.1) is 0 Å². The average molecular weight is 222 g/mol. The SMILES string of the molecule is CC[C@@H](NC(C)=O)[C@@H](CCCCl)OC. The first-order chi connectivity index (χ1) is 6.65. The molecule has 0 aromatic carbocycles. The van der Waals surface area contributed by atoms with E-state index in [-0.39, 0.29) is 18.1 Å². The second-order valence-electron chi connectivity index (χ2n) is 3.32. The zero-order valence-electron chi connectivity index (χ0n) is 9.18. The smallest absolute Gasteiger partial charge is 0.217 e. The summed E-state index contributed by atoms with van der Waals surface area (Å²) in [6, 6.07) is 0.0979. The Kier molecular flexibility index (Phi) is 7.90. The van der Waals surface area contributed by atoms with E-state index in [1.165, 1.54) is 6.92 Å². The van der Waals surface area contributed by atoms with E-state index in [9.17, 15) is 4.79 Å². The molecular weight excluding hydrogens is 202 g/mol. The van der Waals surface area contributed by atoms with Crippen LogP contribution >= 0.6 is 11.6 Å². The van der Waals surface area contributed by atoms with E-state index in [1.807, 2.05) is 6.92 Å². The van der Waals surface area contributed by atoms with Crippen LogP contribution in [0.3, 0.4) is 0 Å². The first kappa shape index (κ1) is 13.7. The lowest BCUT2D eigenvalue weighted by Gasteiger charge is -2.25. The zero-order chi connectivity index (χ0) is 11.0. The van der Waals surface area contributed by atoms with Crippen molar-refractivity contribution < 1.29 is 9.53 Å². The van der Waals surface area contributed by atoms with Gasteiger partial charge in [-0.1, -0.05) is 6.92 Å². The van der Waals surface area contributed by atoms with Gasteiger partial charge in [-0.05, 0) is 19.3 Å². The maximum absolute atomic E-state index is 10.9. The van der Waals surface area contributed by atoms with Crippen molar-refractivity contribution in [1.29, 1.82) is 0 Å². The van der Waals surface area contributed by atoms with Gasteiger partial charge in [-0.15, -0.1) is 11.6 Å². The van der Waals surface area contributed by atoms with Gasteiger partial charge in [-0.25, -0.2) is 0 Å². The van der Waals surface area contributed by atoms with Crippen LogP contribution < -0.4 is 5.32 Å². The topological polar surface area (TPSA) is 38.3 Å².